The van der Waals surface area contributed by atoms with Crippen molar-refractivity contribution < 1.29 is 14.4 Å². The van der Waals surface area contributed by atoms with E-state index in [1.165, 1.54) is 7.05 Å². The predicted octanol–water partition coefficient (Wildman–Crippen LogP) is 3.41. The second-order valence-corrected chi connectivity index (χ2v) is 6.02. The number of hydrogen-bond donors (Lipinski definition) is 2. The van der Waals surface area contributed by atoms with Gasteiger partial charge >= 0.3 is 0 Å². The van der Waals surface area contributed by atoms with Crippen LogP contribution in [0.5, 0.6) is 0 Å². The maximum Gasteiger partial charge on any atom is 0.253 e. The number of anilines is 1. The fourth-order valence-electron chi connectivity index (χ4n) is 2.14. The molecule has 0 aromatic heterocycles. The number of hydrogen-bond acceptors (Lipinski definition) is 3. The summed E-state index contributed by atoms with van der Waals surface area (Å²) in [5.74, 6) is -0.689. The first-order valence-electron chi connectivity index (χ1n) is 7.41. The third-order valence-electron chi connectivity index (χ3n) is 3.42. The lowest BCUT2D eigenvalue weighted by atomic mass is 10.1. The summed E-state index contributed by atoms with van der Waals surface area (Å²) >= 11 is 3.31. The lowest BCUT2D eigenvalue weighted by molar-refractivity contribution is -0.116. The van der Waals surface area contributed by atoms with Gasteiger partial charge in [-0.15, -0.1) is 0 Å². The number of ketones is 1. The molecule has 124 valence electrons. The molecule has 2 rings (SSSR count). The number of rotatable bonds is 6. The van der Waals surface area contributed by atoms with Gasteiger partial charge in [-0.05, 0) is 24.3 Å². The van der Waals surface area contributed by atoms with Crippen LogP contribution in [0.2, 0.25) is 0 Å². The van der Waals surface area contributed by atoms with Gasteiger partial charge in [-0.2, -0.15) is 0 Å². The molecule has 0 saturated heterocycles. The number of nitrogens with one attached hydrogen (secondary N) is 2. The van der Waals surface area contributed by atoms with Crippen LogP contribution in [0.25, 0.3) is 0 Å². The van der Waals surface area contributed by atoms with Crippen LogP contribution in [0, 0.1) is 0 Å². The Bertz CT molecular complexity index is 757. The van der Waals surface area contributed by atoms with Gasteiger partial charge in [-0.1, -0.05) is 40.2 Å². The number of Topliss-reactive ketones (excluding diaryl/α,β-unsaturated/α-hetero) is 1. The van der Waals surface area contributed by atoms with Gasteiger partial charge in [-0.3, -0.25) is 14.4 Å². The van der Waals surface area contributed by atoms with E-state index in [0.29, 0.717) is 16.8 Å². The smallest absolute Gasteiger partial charge is 0.253 e. The number of amides is 2. The molecule has 2 aromatic carbocycles. The van der Waals surface area contributed by atoms with Crippen LogP contribution in [-0.2, 0) is 4.79 Å². The molecule has 0 atom stereocenters. The summed E-state index contributed by atoms with van der Waals surface area (Å²) in [6.07, 6.45) is 0.159. The van der Waals surface area contributed by atoms with E-state index in [4.69, 9.17) is 0 Å². The Hall–Kier alpha value is -2.47. The summed E-state index contributed by atoms with van der Waals surface area (Å²) in [6, 6.07) is 13.7. The molecule has 24 heavy (non-hydrogen) atoms. The van der Waals surface area contributed by atoms with E-state index >= 15 is 0 Å². The third-order valence-corrected chi connectivity index (χ3v) is 3.95. The van der Waals surface area contributed by atoms with E-state index < -0.39 is 0 Å². The Morgan fingerprint density at radius 1 is 0.958 bits per heavy atom. The van der Waals surface area contributed by atoms with Gasteiger partial charge in [0.05, 0.1) is 11.3 Å². The molecule has 2 amide bonds. The number of carbonyl (C=O) groups is 3. The van der Waals surface area contributed by atoms with E-state index in [1.807, 2.05) is 0 Å². The SMILES string of the molecule is CNC(=O)c1ccccc1NC(=O)CCC(=O)c1ccc(Br)cc1. The minimum Gasteiger partial charge on any atom is -0.355 e. The Labute approximate surface area is 148 Å². The lowest BCUT2D eigenvalue weighted by Gasteiger charge is -2.10. The molecular formula is C18H17BrN2O3. The van der Waals surface area contributed by atoms with Crippen molar-refractivity contribution in [2.24, 2.45) is 0 Å². The zero-order chi connectivity index (χ0) is 17.5. The second kappa shape index (κ2) is 8.40. The van der Waals surface area contributed by atoms with Crippen LogP contribution in [0.1, 0.15) is 33.6 Å². The average Bonchev–Trinajstić information content (AvgIpc) is 2.60. The van der Waals surface area contributed by atoms with Crippen molar-refractivity contribution in [2.45, 2.75) is 12.8 Å². The van der Waals surface area contributed by atoms with Gasteiger partial charge in [0.25, 0.3) is 5.91 Å². The standard InChI is InChI=1S/C18H17BrN2O3/c1-20-18(24)14-4-2-3-5-15(14)21-17(23)11-10-16(22)12-6-8-13(19)9-7-12/h2-9H,10-11H2,1H3,(H,20,24)(H,21,23). The van der Waals surface area contributed by atoms with Gasteiger partial charge in [0.1, 0.15) is 0 Å². The van der Waals surface area contributed by atoms with Crippen LogP contribution in [-0.4, -0.2) is 24.6 Å². The van der Waals surface area contributed by atoms with E-state index in [1.54, 1.807) is 48.5 Å². The van der Waals surface area contributed by atoms with Crippen LogP contribution in [0.3, 0.4) is 0 Å². The Morgan fingerprint density at radius 2 is 1.62 bits per heavy atom. The minimum atomic E-state index is -0.309. The maximum atomic E-state index is 12.1. The summed E-state index contributed by atoms with van der Waals surface area (Å²) < 4.78 is 0.891. The van der Waals surface area contributed by atoms with Crippen LogP contribution in [0.4, 0.5) is 5.69 Å². The van der Waals surface area contributed by atoms with Crippen LogP contribution in [0.15, 0.2) is 53.0 Å². The molecule has 0 aliphatic carbocycles. The Balaban J connectivity index is 1.95. The van der Waals surface area contributed by atoms with Gasteiger partial charge < -0.3 is 10.6 Å². The van der Waals surface area contributed by atoms with Crippen molar-refractivity contribution in [3.63, 3.8) is 0 Å². The molecule has 0 unspecified atom stereocenters. The molecule has 0 saturated carbocycles. The number of benzene rings is 2. The van der Waals surface area contributed by atoms with Crippen molar-refractivity contribution in [3.05, 3.63) is 64.1 Å². The molecule has 2 N–H and O–H groups in total. The molecule has 6 heteroatoms. The second-order valence-electron chi connectivity index (χ2n) is 5.10. The quantitative estimate of drug-likeness (QED) is 0.744. The molecule has 0 bridgehead atoms. The van der Waals surface area contributed by atoms with E-state index in [9.17, 15) is 14.4 Å². The zero-order valence-electron chi connectivity index (χ0n) is 13.1. The van der Waals surface area contributed by atoms with Crippen molar-refractivity contribution in [1.82, 2.24) is 5.32 Å². The van der Waals surface area contributed by atoms with Crippen molar-refractivity contribution >= 4 is 39.2 Å². The summed E-state index contributed by atoms with van der Waals surface area (Å²) in [6.45, 7) is 0. The van der Waals surface area contributed by atoms with Gasteiger partial charge in [0.2, 0.25) is 5.91 Å². The highest BCUT2D eigenvalue weighted by Gasteiger charge is 2.13. The molecule has 0 spiro atoms. The molecule has 0 fully saturated rings. The largest absolute Gasteiger partial charge is 0.355 e. The van der Waals surface area contributed by atoms with E-state index in [0.717, 1.165) is 4.47 Å². The van der Waals surface area contributed by atoms with Crippen LogP contribution < -0.4 is 10.6 Å². The fourth-order valence-corrected chi connectivity index (χ4v) is 2.41. The summed E-state index contributed by atoms with van der Waals surface area (Å²) in [4.78, 5) is 35.9. The molecule has 0 radical (unpaired) electrons. The first kappa shape index (κ1) is 17.9. The van der Waals surface area contributed by atoms with Gasteiger partial charge in [0, 0.05) is 29.9 Å². The highest BCUT2D eigenvalue weighted by molar-refractivity contribution is 9.10. The monoisotopic (exact) mass is 388 g/mol. The molecule has 0 aliphatic heterocycles. The Morgan fingerprint density at radius 3 is 2.29 bits per heavy atom. The van der Waals surface area contributed by atoms with Gasteiger partial charge in [0.15, 0.2) is 5.78 Å². The summed E-state index contributed by atoms with van der Waals surface area (Å²) in [5, 5.41) is 5.21. The highest BCUT2D eigenvalue weighted by Crippen LogP contribution is 2.16. The molecule has 0 aliphatic rings. The third kappa shape index (κ3) is 4.76. The molecular weight excluding hydrogens is 372 g/mol. The van der Waals surface area contributed by atoms with Gasteiger partial charge in [-0.25, -0.2) is 0 Å². The number of para-hydroxylation sites is 1. The van der Waals surface area contributed by atoms with Crippen molar-refractivity contribution in [1.29, 1.82) is 0 Å². The first-order chi connectivity index (χ1) is 11.5. The van der Waals surface area contributed by atoms with Crippen LogP contribution >= 0.6 is 15.9 Å². The highest BCUT2D eigenvalue weighted by atomic mass is 79.9. The zero-order valence-corrected chi connectivity index (χ0v) is 14.7. The molecule has 2 aromatic rings. The fraction of sp³-hybridized carbons (Fsp3) is 0.167. The molecule has 0 heterocycles. The number of halogens is 1. The predicted molar refractivity (Wildman–Crippen MR) is 96.2 cm³/mol. The minimum absolute atomic E-state index is 0.0526. The summed E-state index contributed by atoms with van der Waals surface area (Å²) in [5.41, 5.74) is 1.38. The van der Waals surface area contributed by atoms with Crippen molar-refractivity contribution in [3.8, 4) is 0 Å². The normalized spacial score (nSPS) is 10.1. The first-order valence-corrected chi connectivity index (χ1v) is 8.20. The number of carbonyl (C=O) groups excluding carboxylic acids is 3. The van der Waals surface area contributed by atoms with E-state index in [2.05, 4.69) is 26.6 Å². The maximum absolute atomic E-state index is 12.1. The van der Waals surface area contributed by atoms with E-state index in [-0.39, 0.29) is 30.4 Å². The average molecular weight is 389 g/mol. The topological polar surface area (TPSA) is 75.3 Å². The summed E-state index contributed by atoms with van der Waals surface area (Å²) in [7, 11) is 1.53. The lowest BCUT2D eigenvalue weighted by Crippen LogP contribution is -2.21. The Kier molecular flexibility index (Phi) is 6.26. The van der Waals surface area contributed by atoms with Crippen molar-refractivity contribution in [2.75, 3.05) is 12.4 Å². The molecule has 5 nitrogen and oxygen atoms in total.